The number of piperidine rings is 1. The van der Waals surface area contributed by atoms with Crippen molar-refractivity contribution < 1.29 is 14.3 Å². The fourth-order valence-corrected chi connectivity index (χ4v) is 3.69. The maximum Gasteiger partial charge on any atom is 0.410 e. The molecule has 2 saturated heterocycles. The van der Waals surface area contributed by atoms with Crippen LogP contribution in [0.2, 0.25) is 0 Å². The quantitative estimate of drug-likeness (QED) is 0.705. The summed E-state index contributed by atoms with van der Waals surface area (Å²) in [5.74, 6) is 2.53. The summed E-state index contributed by atoms with van der Waals surface area (Å²) < 4.78 is 5.42. The Hall–Kier alpha value is -2.25. The molecule has 0 bridgehead atoms. The Bertz CT molecular complexity index is 613. The number of hydrogen-bond acceptors (Lipinski definition) is 5. The van der Waals surface area contributed by atoms with Crippen LogP contribution in [-0.4, -0.2) is 77.1 Å². The highest BCUT2D eigenvalue weighted by Crippen LogP contribution is 2.24. The number of terminal acetylenes is 1. The van der Waals surface area contributed by atoms with E-state index in [0.717, 1.165) is 12.8 Å². The zero-order valence-electron chi connectivity index (χ0n) is 16.8. The Morgan fingerprint density at radius 2 is 1.78 bits per heavy atom. The molecule has 148 valence electrons. The summed E-state index contributed by atoms with van der Waals surface area (Å²) in [6, 6.07) is 1.67. The van der Waals surface area contributed by atoms with Crippen LogP contribution in [0.25, 0.3) is 0 Å². The van der Waals surface area contributed by atoms with Crippen LogP contribution in [0, 0.1) is 23.7 Å². The molecule has 0 aromatic rings. The van der Waals surface area contributed by atoms with Gasteiger partial charge in [-0.05, 0) is 53.5 Å². The third kappa shape index (κ3) is 5.37. The van der Waals surface area contributed by atoms with E-state index in [2.05, 4.69) is 12.0 Å². The number of ether oxygens (including phenoxy) is 1. The summed E-state index contributed by atoms with van der Waals surface area (Å²) in [6.07, 6.45) is 8.11. The predicted octanol–water partition coefficient (Wildman–Crippen LogP) is 1.83. The first kappa shape index (κ1) is 21.1. The largest absolute Gasteiger partial charge is 0.444 e. The van der Waals surface area contributed by atoms with E-state index >= 15 is 0 Å². The highest BCUT2D eigenvalue weighted by atomic mass is 16.6. The second kappa shape index (κ2) is 8.63. The van der Waals surface area contributed by atoms with Crippen LogP contribution in [0.3, 0.4) is 0 Å². The van der Waals surface area contributed by atoms with Gasteiger partial charge in [0.2, 0.25) is 5.91 Å². The third-order valence-corrected chi connectivity index (χ3v) is 5.14. The summed E-state index contributed by atoms with van der Waals surface area (Å²) in [5, 5.41) is 9.27. The third-order valence-electron chi connectivity index (χ3n) is 5.14. The minimum absolute atomic E-state index is 0.0981. The van der Waals surface area contributed by atoms with Gasteiger partial charge in [0.25, 0.3) is 0 Å². The fourth-order valence-electron chi connectivity index (χ4n) is 3.69. The molecule has 2 rings (SSSR count). The second-order valence-corrected chi connectivity index (χ2v) is 8.32. The molecule has 27 heavy (non-hydrogen) atoms. The van der Waals surface area contributed by atoms with Crippen molar-refractivity contribution in [3.63, 3.8) is 0 Å². The van der Waals surface area contributed by atoms with Crippen molar-refractivity contribution >= 4 is 12.0 Å². The van der Waals surface area contributed by atoms with E-state index in [1.807, 2.05) is 32.7 Å². The average Bonchev–Trinajstić information content (AvgIpc) is 3.03. The normalized spacial score (nSPS) is 23.8. The SMILES string of the molecule is C#C[C@H]1CC[C@@H](C#N)N1C(=O)CN(C)C1CCN(C(=O)OC(C)(C)C)CC1. The van der Waals surface area contributed by atoms with E-state index < -0.39 is 11.6 Å². The number of hydrogen-bond donors (Lipinski definition) is 0. The smallest absolute Gasteiger partial charge is 0.410 e. The lowest BCUT2D eigenvalue weighted by molar-refractivity contribution is -0.133. The van der Waals surface area contributed by atoms with Crippen molar-refractivity contribution in [2.75, 3.05) is 26.7 Å². The zero-order valence-corrected chi connectivity index (χ0v) is 16.8. The first-order chi connectivity index (χ1) is 12.7. The van der Waals surface area contributed by atoms with Crippen LogP contribution in [0.4, 0.5) is 4.79 Å². The van der Waals surface area contributed by atoms with Gasteiger partial charge in [-0.25, -0.2) is 4.79 Å². The molecule has 2 atom stereocenters. The van der Waals surface area contributed by atoms with E-state index in [0.29, 0.717) is 25.9 Å². The highest BCUT2D eigenvalue weighted by Gasteiger charge is 2.37. The highest BCUT2D eigenvalue weighted by molar-refractivity contribution is 5.80. The summed E-state index contributed by atoms with van der Waals surface area (Å²) in [6.45, 7) is 7.01. The maximum absolute atomic E-state index is 12.7. The van der Waals surface area contributed by atoms with E-state index in [1.165, 1.54) is 0 Å². The van der Waals surface area contributed by atoms with Crippen molar-refractivity contribution in [1.82, 2.24) is 14.7 Å². The lowest BCUT2D eigenvalue weighted by atomic mass is 10.0. The number of carbonyl (C=O) groups is 2. The van der Waals surface area contributed by atoms with Gasteiger partial charge in [0.1, 0.15) is 11.6 Å². The number of nitriles is 1. The van der Waals surface area contributed by atoms with Crippen LogP contribution in [0.15, 0.2) is 0 Å². The van der Waals surface area contributed by atoms with Gasteiger partial charge in [-0.15, -0.1) is 6.42 Å². The number of amides is 2. The molecule has 2 heterocycles. The molecule has 0 N–H and O–H groups in total. The van der Waals surface area contributed by atoms with Crippen LogP contribution in [0.5, 0.6) is 0 Å². The molecule has 2 aliphatic rings. The van der Waals surface area contributed by atoms with Crippen molar-refractivity contribution in [3.05, 3.63) is 0 Å². The van der Waals surface area contributed by atoms with E-state index in [4.69, 9.17) is 11.2 Å². The second-order valence-electron chi connectivity index (χ2n) is 8.32. The lowest BCUT2D eigenvalue weighted by Crippen LogP contribution is -2.50. The monoisotopic (exact) mass is 374 g/mol. The number of nitrogens with zero attached hydrogens (tertiary/aromatic N) is 4. The summed E-state index contributed by atoms with van der Waals surface area (Å²) in [7, 11) is 1.91. The van der Waals surface area contributed by atoms with Gasteiger partial charge in [0.05, 0.1) is 18.7 Å². The Kier molecular flexibility index (Phi) is 6.73. The zero-order chi connectivity index (χ0) is 20.2. The van der Waals surface area contributed by atoms with Crippen LogP contribution >= 0.6 is 0 Å². The van der Waals surface area contributed by atoms with Gasteiger partial charge in [0.15, 0.2) is 0 Å². The number of likely N-dealkylation sites (tertiary alicyclic amines) is 2. The molecule has 0 unspecified atom stereocenters. The Morgan fingerprint density at radius 3 is 2.30 bits per heavy atom. The molecule has 0 radical (unpaired) electrons. The minimum atomic E-state index is -0.502. The first-order valence-corrected chi connectivity index (χ1v) is 9.51. The molecule has 2 fully saturated rings. The Balaban J connectivity index is 1.86. The number of rotatable bonds is 3. The van der Waals surface area contributed by atoms with Gasteiger partial charge in [-0.3, -0.25) is 9.69 Å². The number of likely N-dealkylation sites (N-methyl/N-ethyl adjacent to an activating group) is 1. The molecule has 7 heteroatoms. The van der Waals surface area contributed by atoms with Crippen molar-refractivity contribution in [1.29, 1.82) is 5.26 Å². The molecular weight excluding hydrogens is 344 g/mol. The van der Waals surface area contributed by atoms with Crippen molar-refractivity contribution in [3.8, 4) is 18.4 Å². The van der Waals surface area contributed by atoms with E-state index in [9.17, 15) is 14.9 Å². The molecular formula is C20H30N4O3. The first-order valence-electron chi connectivity index (χ1n) is 9.51. The summed E-state index contributed by atoms with van der Waals surface area (Å²) in [4.78, 5) is 30.2. The molecule has 0 saturated carbocycles. The van der Waals surface area contributed by atoms with Crippen LogP contribution in [0.1, 0.15) is 46.5 Å². The maximum atomic E-state index is 12.7. The van der Waals surface area contributed by atoms with Gasteiger partial charge in [0, 0.05) is 19.1 Å². The Morgan fingerprint density at radius 1 is 1.19 bits per heavy atom. The number of carbonyl (C=O) groups excluding carboxylic acids is 2. The summed E-state index contributed by atoms with van der Waals surface area (Å²) in [5.41, 5.74) is -0.502. The predicted molar refractivity (Wildman–Crippen MR) is 102 cm³/mol. The van der Waals surface area contributed by atoms with E-state index in [-0.39, 0.29) is 30.6 Å². The summed E-state index contributed by atoms with van der Waals surface area (Å²) >= 11 is 0. The standard InChI is InChI=1S/C20H30N4O3/c1-6-15-7-8-17(13-21)24(15)18(25)14-22(5)16-9-11-23(12-10-16)19(26)27-20(2,3)4/h1,15-17H,7-12,14H2,2-5H3/t15-,17-/m0/s1. The molecule has 0 aromatic carbocycles. The molecule has 2 amide bonds. The molecule has 7 nitrogen and oxygen atoms in total. The van der Waals surface area contributed by atoms with Crippen molar-refractivity contribution in [2.24, 2.45) is 0 Å². The van der Waals surface area contributed by atoms with Crippen LogP contribution in [-0.2, 0) is 9.53 Å². The van der Waals surface area contributed by atoms with E-state index in [1.54, 1.807) is 9.80 Å². The fraction of sp³-hybridized carbons (Fsp3) is 0.750. The van der Waals surface area contributed by atoms with Crippen LogP contribution < -0.4 is 0 Å². The van der Waals surface area contributed by atoms with Gasteiger partial charge < -0.3 is 14.5 Å². The van der Waals surface area contributed by atoms with Crippen molar-refractivity contribution in [2.45, 2.75) is 70.2 Å². The molecule has 0 spiro atoms. The average molecular weight is 374 g/mol. The lowest BCUT2D eigenvalue weighted by Gasteiger charge is -2.37. The Labute approximate surface area is 162 Å². The molecule has 0 aliphatic carbocycles. The minimum Gasteiger partial charge on any atom is -0.444 e. The van der Waals surface area contributed by atoms with Gasteiger partial charge in [-0.1, -0.05) is 5.92 Å². The molecule has 2 aliphatic heterocycles. The van der Waals surface area contributed by atoms with Gasteiger partial charge >= 0.3 is 6.09 Å². The van der Waals surface area contributed by atoms with Gasteiger partial charge in [-0.2, -0.15) is 5.26 Å². The topological polar surface area (TPSA) is 76.9 Å². The molecule has 0 aromatic heterocycles.